The van der Waals surface area contributed by atoms with Gasteiger partial charge in [0.2, 0.25) is 5.82 Å². The van der Waals surface area contributed by atoms with E-state index < -0.39 is 0 Å². The maximum absolute atomic E-state index is 12.5. The Kier molecular flexibility index (Phi) is 4.66. The summed E-state index contributed by atoms with van der Waals surface area (Å²) in [6, 6.07) is 11.4. The standard InChI is InChI=1S/C20H22N4O3/c1-3-4-10-23-13-24-18(14(2)21-19(24)20(23)25)17-11-15(22-27-17)12-26-16-8-6-5-7-9-16/h5-9,11H,3-4,10,12-13H2,1-2H3. The topological polar surface area (TPSA) is 73.4 Å². The summed E-state index contributed by atoms with van der Waals surface area (Å²) in [4.78, 5) is 18.8. The van der Waals surface area contributed by atoms with Crippen molar-refractivity contribution in [2.75, 3.05) is 6.54 Å². The molecule has 27 heavy (non-hydrogen) atoms. The third kappa shape index (κ3) is 3.32. The number of hydrogen-bond acceptors (Lipinski definition) is 5. The van der Waals surface area contributed by atoms with E-state index in [0.29, 0.717) is 30.6 Å². The number of carbonyl (C=O) groups excluding carboxylic acids is 1. The second-order valence-electron chi connectivity index (χ2n) is 6.65. The third-order valence-electron chi connectivity index (χ3n) is 4.64. The zero-order valence-electron chi connectivity index (χ0n) is 15.5. The SMILES string of the molecule is CCCCN1Cn2c(nc(C)c2-c2cc(COc3ccccc3)no2)C1=O. The summed E-state index contributed by atoms with van der Waals surface area (Å²) in [6.45, 7) is 5.55. The van der Waals surface area contributed by atoms with Crippen molar-refractivity contribution < 1.29 is 14.1 Å². The minimum Gasteiger partial charge on any atom is -0.487 e. The average Bonchev–Trinajstić information content (AvgIpc) is 3.35. The number of unbranched alkanes of at least 4 members (excludes halogenated alkanes) is 1. The first-order valence-corrected chi connectivity index (χ1v) is 9.17. The maximum atomic E-state index is 12.5. The first-order chi connectivity index (χ1) is 13.2. The first-order valence-electron chi connectivity index (χ1n) is 9.17. The smallest absolute Gasteiger partial charge is 0.291 e. The molecule has 7 heteroatoms. The Labute approximate surface area is 157 Å². The second-order valence-corrected chi connectivity index (χ2v) is 6.65. The molecular weight excluding hydrogens is 344 g/mol. The molecule has 140 valence electrons. The quantitative estimate of drug-likeness (QED) is 0.638. The molecule has 0 N–H and O–H groups in total. The van der Waals surface area contributed by atoms with Gasteiger partial charge in [-0.3, -0.25) is 9.36 Å². The van der Waals surface area contributed by atoms with E-state index in [4.69, 9.17) is 9.26 Å². The number of hydrogen-bond donors (Lipinski definition) is 0. The Bertz CT molecular complexity index is 946. The summed E-state index contributed by atoms with van der Waals surface area (Å²) in [6.07, 6.45) is 2.03. The number of benzene rings is 1. The van der Waals surface area contributed by atoms with Crippen LogP contribution in [0.25, 0.3) is 11.5 Å². The zero-order valence-corrected chi connectivity index (χ0v) is 15.5. The van der Waals surface area contributed by atoms with Crippen LogP contribution in [0.15, 0.2) is 40.9 Å². The molecular formula is C20H22N4O3. The van der Waals surface area contributed by atoms with E-state index in [9.17, 15) is 4.79 Å². The molecule has 0 saturated heterocycles. The lowest BCUT2D eigenvalue weighted by molar-refractivity contribution is 0.0763. The first kappa shape index (κ1) is 17.3. The fourth-order valence-electron chi connectivity index (χ4n) is 3.25. The van der Waals surface area contributed by atoms with Crippen LogP contribution in [0, 0.1) is 6.92 Å². The van der Waals surface area contributed by atoms with E-state index in [1.165, 1.54) is 0 Å². The van der Waals surface area contributed by atoms with Crippen LogP contribution < -0.4 is 4.74 Å². The van der Waals surface area contributed by atoms with Crippen molar-refractivity contribution in [2.24, 2.45) is 0 Å². The highest BCUT2D eigenvalue weighted by atomic mass is 16.5. The number of para-hydroxylation sites is 1. The molecule has 3 aromatic rings. The van der Waals surface area contributed by atoms with Crippen LogP contribution in [0.2, 0.25) is 0 Å². The predicted octanol–water partition coefficient (Wildman–Crippen LogP) is 3.64. The van der Waals surface area contributed by atoms with Gasteiger partial charge in [-0.05, 0) is 25.5 Å². The maximum Gasteiger partial charge on any atom is 0.291 e. The van der Waals surface area contributed by atoms with E-state index in [1.807, 2.05) is 52.8 Å². The molecule has 4 rings (SSSR count). The molecule has 1 aromatic carbocycles. The van der Waals surface area contributed by atoms with Crippen LogP contribution in [0.4, 0.5) is 0 Å². The highest BCUT2D eigenvalue weighted by Crippen LogP contribution is 2.30. The summed E-state index contributed by atoms with van der Waals surface area (Å²) in [5.41, 5.74) is 2.26. The number of aryl methyl sites for hydroxylation is 1. The minimum absolute atomic E-state index is 0.0232. The summed E-state index contributed by atoms with van der Waals surface area (Å²) in [7, 11) is 0. The van der Waals surface area contributed by atoms with Gasteiger partial charge in [0.05, 0.1) is 5.69 Å². The number of aromatic nitrogens is 3. The van der Waals surface area contributed by atoms with E-state index in [0.717, 1.165) is 36.5 Å². The zero-order chi connectivity index (χ0) is 18.8. The van der Waals surface area contributed by atoms with E-state index in [1.54, 1.807) is 0 Å². The van der Waals surface area contributed by atoms with E-state index >= 15 is 0 Å². The lowest BCUT2D eigenvalue weighted by Gasteiger charge is -2.14. The van der Waals surface area contributed by atoms with Crippen LogP contribution in [0.3, 0.4) is 0 Å². The van der Waals surface area contributed by atoms with Crippen molar-refractivity contribution in [3.8, 4) is 17.2 Å². The average molecular weight is 366 g/mol. The van der Waals surface area contributed by atoms with Gasteiger partial charge in [0.15, 0.2) is 5.76 Å². The molecule has 0 aliphatic carbocycles. The molecule has 1 aliphatic heterocycles. The monoisotopic (exact) mass is 366 g/mol. The molecule has 7 nitrogen and oxygen atoms in total. The van der Waals surface area contributed by atoms with Crippen molar-refractivity contribution in [3.63, 3.8) is 0 Å². The Morgan fingerprint density at radius 3 is 2.85 bits per heavy atom. The number of amides is 1. The highest BCUT2D eigenvalue weighted by molar-refractivity contribution is 5.93. The van der Waals surface area contributed by atoms with Crippen molar-refractivity contribution in [1.29, 1.82) is 0 Å². The Hall–Kier alpha value is -3.09. The van der Waals surface area contributed by atoms with Crippen LogP contribution in [-0.4, -0.2) is 32.1 Å². The third-order valence-corrected chi connectivity index (χ3v) is 4.64. The lowest BCUT2D eigenvalue weighted by atomic mass is 10.2. The molecule has 0 spiro atoms. The summed E-state index contributed by atoms with van der Waals surface area (Å²) in [5.74, 6) is 1.82. The number of ether oxygens (including phenoxy) is 1. The number of nitrogens with zero attached hydrogens (tertiary/aromatic N) is 4. The molecule has 2 aromatic heterocycles. The number of imidazole rings is 1. The Morgan fingerprint density at radius 2 is 2.07 bits per heavy atom. The number of carbonyl (C=O) groups is 1. The van der Waals surface area contributed by atoms with Gasteiger partial charge in [-0.15, -0.1) is 0 Å². The largest absolute Gasteiger partial charge is 0.487 e. The highest BCUT2D eigenvalue weighted by Gasteiger charge is 2.33. The van der Waals surface area contributed by atoms with Crippen molar-refractivity contribution in [3.05, 3.63) is 53.6 Å². The van der Waals surface area contributed by atoms with Crippen molar-refractivity contribution in [1.82, 2.24) is 19.6 Å². The van der Waals surface area contributed by atoms with Crippen LogP contribution >= 0.6 is 0 Å². The molecule has 0 radical (unpaired) electrons. The molecule has 0 unspecified atom stereocenters. The summed E-state index contributed by atoms with van der Waals surface area (Å²) < 4.78 is 13.2. The normalized spacial score (nSPS) is 13.3. The minimum atomic E-state index is -0.0232. The number of fused-ring (bicyclic) bond motifs is 1. The predicted molar refractivity (Wildman–Crippen MR) is 99.2 cm³/mol. The van der Waals surface area contributed by atoms with Gasteiger partial charge in [-0.1, -0.05) is 36.7 Å². The van der Waals surface area contributed by atoms with Crippen molar-refractivity contribution in [2.45, 2.75) is 40.0 Å². The fourth-order valence-corrected chi connectivity index (χ4v) is 3.25. The molecule has 0 saturated carbocycles. The van der Waals surface area contributed by atoms with Crippen LogP contribution in [0.1, 0.15) is 41.8 Å². The molecule has 1 aliphatic rings. The molecule has 0 fully saturated rings. The lowest BCUT2D eigenvalue weighted by Crippen LogP contribution is -2.26. The fraction of sp³-hybridized carbons (Fsp3) is 0.350. The summed E-state index contributed by atoms with van der Waals surface area (Å²) >= 11 is 0. The Morgan fingerprint density at radius 1 is 1.26 bits per heavy atom. The van der Waals surface area contributed by atoms with Gasteiger partial charge >= 0.3 is 0 Å². The molecule has 1 amide bonds. The van der Waals surface area contributed by atoms with Crippen LogP contribution in [-0.2, 0) is 13.3 Å². The summed E-state index contributed by atoms with van der Waals surface area (Å²) in [5, 5.41) is 4.10. The molecule has 0 atom stereocenters. The van der Waals surface area contributed by atoms with Gasteiger partial charge in [-0.2, -0.15) is 0 Å². The van der Waals surface area contributed by atoms with Gasteiger partial charge in [0.1, 0.15) is 30.4 Å². The van der Waals surface area contributed by atoms with Gasteiger partial charge in [-0.25, -0.2) is 4.98 Å². The van der Waals surface area contributed by atoms with Gasteiger partial charge in [0.25, 0.3) is 5.91 Å². The number of rotatable bonds is 7. The van der Waals surface area contributed by atoms with E-state index in [-0.39, 0.29) is 5.91 Å². The van der Waals surface area contributed by atoms with Crippen LogP contribution in [0.5, 0.6) is 5.75 Å². The Balaban J connectivity index is 1.53. The van der Waals surface area contributed by atoms with Crippen molar-refractivity contribution >= 4 is 5.91 Å². The molecule has 3 heterocycles. The van der Waals surface area contributed by atoms with Gasteiger partial charge in [0, 0.05) is 12.6 Å². The molecule has 0 bridgehead atoms. The van der Waals surface area contributed by atoms with E-state index in [2.05, 4.69) is 17.1 Å². The second kappa shape index (κ2) is 7.26. The van der Waals surface area contributed by atoms with Gasteiger partial charge < -0.3 is 14.2 Å².